The maximum absolute atomic E-state index is 12.1. The van der Waals surface area contributed by atoms with E-state index < -0.39 is 12.0 Å². The number of rotatable bonds is 12. The average molecular weight is 358 g/mol. The Hall–Kier alpha value is -2.35. The fourth-order valence-electron chi connectivity index (χ4n) is 2.56. The highest BCUT2D eigenvalue weighted by atomic mass is 16.5. The van der Waals surface area contributed by atoms with Gasteiger partial charge in [-0.05, 0) is 13.3 Å². The second-order valence-corrected chi connectivity index (χ2v) is 6.50. The number of nitrogens with zero attached hydrogens (tertiary/aromatic N) is 1. The fourth-order valence-corrected chi connectivity index (χ4v) is 2.56. The Kier molecular flexibility index (Phi) is 10.8. The molecule has 26 heavy (non-hydrogen) atoms. The van der Waals surface area contributed by atoms with Crippen molar-refractivity contribution in [3.63, 3.8) is 0 Å². The van der Waals surface area contributed by atoms with Crippen LogP contribution in [0.3, 0.4) is 0 Å². The van der Waals surface area contributed by atoms with Crippen LogP contribution >= 0.6 is 0 Å². The molecule has 0 aromatic heterocycles. The lowest BCUT2D eigenvalue weighted by Crippen LogP contribution is -2.39. The van der Waals surface area contributed by atoms with Crippen molar-refractivity contribution in [2.75, 3.05) is 6.61 Å². The maximum Gasteiger partial charge on any atom is 0.328 e. The number of amides is 1. The summed E-state index contributed by atoms with van der Waals surface area (Å²) in [6.07, 6.45) is 9.51. The summed E-state index contributed by atoms with van der Waals surface area (Å²) in [5.74, 6) is -0.767. The first kappa shape index (κ1) is 21.7. The highest BCUT2D eigenvalue weighted by molar-refractivity contribution is 5.96. The molecule has 0 spiro atoms. The molecule has 0 radical (unpaired) electrons. The van der Waals surface area contributed by atoms with Crippen molar-refractivity contribution in [2.24, 2.45) is 0 Å². The fraction of sp³-hybridized carbons (Fsp3) is 0.571. The second kappa shape index (κ2) is 12.9. The van der Waals surface area contributed by atoms with Gasteiger partial charge in [0.2, 0.25) is 0 Å². The highest BCUT2D eigenvalue weighted by Crippen LogP contribution is 2.12. The normalized spacial score (nSPS) is 11.4. The summed E-state index contributed by atoms with van der Waals surface area (Å²) in [4.78, 5) is 27.3. The van der Waals surface area contributed by atoms with Crippen molar-refractivity contribution >= 4 is 17.6 Å². The van der Waals surface area contributed by atoms with E-state index in [0.717, 1.165) is 12.8 Å². The Morgan fingerprint density at radius 2 is 1.62 bits per heavy atom. The molecule has 1 atom stereocenters. The minimum absolute atomic E-state index is 0.349. The van der Waals surface area contributed by atoms with Gasteiger partial charge in [0.25, 0.3) is 5.91 Å². The van der Waals surface area contributed by atoms with E-state index in [2.05, 4.69) is 17.1 Å². The number of unbranched alkanes of at least 4 members (excludes halogenated alkanes) is 7. The van der Waals surface area contributed by atoms with Gasteiger partial charge in [-0.1, -0.05) is 76.1 Å². The zero-order valence-corrected chi connectivity index (χ0v) is 15.9. The van der Waals surface area contributed by atoms with Crippen LogP contribution in [0.4, 0.5) is 5.69 Å². The molecule has 0 aliphatic heterocycles. The van der Waals surface area contributed by atoms with E-state index in [1.807, 2.05) is 0 Å². The minimum atomic E-state index is -0.697. The third-order valence-corrected chi connectivity index (χ3v) is 4.20. The molecule has 1 amide bonds. The average Bonchev–Trinajstić information content (AvgIpc) is 2.66. The summed E-state index contributed by atoms with van der Waals surface area (Å²) < 4.78 is 5.23. The van der Waals surface area contributed by atoms with Crippen molar-refractivity contribution in [3.8, 4) is 0 Å². The highest BCUT2D eigenvalue weighted by Gasteiger charge is 2.17. The topological polar surface area (TPSA) is 59.8 Å². The van der Waals surface area contributed by atoms with Crippen LogP contribution in [-0.4, -0.2) is 24.5 Å². The Morgan fingerprint density at radius 3 is 2.19 bits per heavy atom. The van der Waals surface area contributed by atoms with Gasteiger partial charge >= 0.3 is 5.97 Å². The number of hydrogen-bond acceptors (Lipinski definition) is 3. The Balaban J connectivity index is 2.18. The molecule has 0 aliphatic rings. The Morgan fingerprint density at radius 1 is 1.04 bits per heavy atom. The monoisotopic (exact) mass is 358 g/mol. The second-order valence-electron chi connectivity index (χ2n) is 6.50. The molecule has 5 heteroatoms. The first-order valence-electron chi connectivity index (χ1n) is 9.53. The molecule has 0 aliphatic carbocycles. The van der Waals surface area contributed by atoms with E-state index in [-0.39, 0.29) is 5.91 Å². The lowest BCUT2D eigenvalue weighted by molar-refractivity contribution is -0.145. The molecule has 0 heterocycles. The smallest absolute Gasteiger partial charge is 0.328 e. The standard InChI is InChI=1S/C21H30N2O3/c1-4-5-6-7-8-9-10-11-16-26-21(25)17(2)23-20(24)18-12-14-19(22-3)15-13-18/h12-15,17H,4-11,16H2,1-2H3,(H,23,24). The molecule has 1 aromatic carbocycles. The van der Waals surface area contributed by atoms with Crippen LogP contribution in [0.1, 0.15) is 75.6 Å². The molecule has 1 rings (SSSR count). The predicted molar refractivity (Wildman–Crippen MR) is 103 cm³/mol. The van der Waals surface area contributed by atoms with Gasteiger partial charge in [0.15, 0.2) is 5.69 Å². The first-order chi connectivity index (χ1) is 12.6. The van der Waals surface area contributed by atoms with Crippen LogP contribution in [0.5, 0.6) is 0 Å². The molecule has 0 saturated heterocycles. The number of carbonyl (C=O) groups excluding carboxylic acids is 2. The van der Waals surface area contributed by atoms with E-state index >= 15 is 0 Å². The zero-order valence-electron chi connectivity index (χ0n) is 15.9. The van der Waals surface area contributed by atoms with Gasteiger partial charge in [-0.15, -0.1) is 0 Å². The van der Waals surface area contributed by atoms with Crippen molar-refractivity contribution < 1.29 is 14.3 Å². The SMILES string of the molecule is [C-]#[N+]c1ccc(C(=O)NC(C)C(=O)OCCCCCCCCCC)cc1. The van der Waals surface area contributed by atoms with Gasteiger partial charge in [-0.3, -0.25) is 4.79 Å². The lowest BCUT2D eigenvalue weighted by Gasteiger charge is -2.13. The minimum Gasteiger partial charge on any atom is -0.464 e. The van der Waals surface area contributed by atoms with Crippen LogP contribution in [0.25, 0.3) is 4.85 Å². The summed E-state index contributed by atoms with van der Waals surface area (Å²) in [5, 5.41) is 2.62. The van der Waals surface area contributed by atoms with Crippen molar-refractivity contribution in [3.05, 3.63) is 41.2 Å². The largest absolute Gasteiger partial charge is 0.464 e. The number of benzene rings is 1. The van der Waals surface area contributed by atoms with E-state index in [1.54, 1.807) is 31.2 Å². The quantitative estimate of drug-likeness (QED) is 0.323. The van der Waals surface area contributed by atoms with Crippen LogP contribution in [0.15, 0.2) is 24.3 Å². The van der Waals surface area contributed by atoms with E-state index in [1.165, 1.54) is 38.5 Å². The number of esters is 1. The van der Waals surface area contributed by atoms with E-state index in [9.17, 15) is 9.59 Å². The molecule has 0 bridgehead atoms. The molecular weight excluding hydrogens is 328 g/mol. The van der Waals surface area contributed by atoms with Gasteiger partial charge in [-0.2, -0.15) is 0 Å². The van der Waals surface area contributed by atoms with Crippen LogP contribution in [0.2, 0.25) is 0 Å². The van der Waals surface area contributed by atoms with Crippen LogP contribution in [-0.2, 0) is 9.53 Å². The summed E-state index contributed by atoms with van der Waals surface area (Å²) in [7, 11) is 0. The lowest BCUT2D eigenvalue weighted by atomic mass is 10.1. The number of carbonyl (C=O) groups is 2. The summed E-state index contributed by atoms with van der Waals surface area (Å²) in [5.41, 5.74) is 0.888. The molecule has 1 aromatic rings. The molecular formula is C21H30N2O3. The van der Waals surface area contributed by atoms with Gasteiger partial charge < -0.3 is 10.1 Å². The Bertz CT molecular complexity index is 590. The molecule has 0 saturated carbocycles. The third-order valence-electron chi connectivity index (χ3n) is 4.20. The number of hydrogen-bond donors (Lipinski definition) is 1. The predicted octanol–water partition coefficient (Wildman–Crippen LogP) is 5.04. The van der Waals surface area contributed by atoms with Crippen molar-refractivity contribution in [1.29, 1.82) is 0 Å². The summed E-state index contributed by atoms with van der Waals surface area (Å²) in [6.45, 7) is 11.1. The molecule has 0 fully saturated rings. The number of ether oxygens (including phenoxy) is 1. The maximum atomic E-state index is 12.1. The molecule has 1 unspecified atom stereocenters. The zero-order chi connectivity index (χ0) is 19.2. The summed E-state index contributed by atoms with van der Waals surface area (Å²) >= 11 is 0. The first-order valence-corrected chi connectivity index (χ1v) is 9.53. The van der Waals surface area contributed by atoms with Gasteiger partial charge in [0.1, 0.15) is 6.04 Å². The summed E-state index contributed by atoms with van der Waals surface area (Å²) in [6, 6.07) is 5.60. The van der Waals surface area contributed by atoms with Crippen molar-refractivity contribution in [1.82, 2.24) is 5.32 Å². The van der Waals surface area contributed by atoms with Gasteiger partial charge in [0.05, 0.1) is 13.2 Å². The molecule has 1 N–H and O–H groups in total. The van der Waals surface area contributed by atoms with Gasteiger partial charge in [-0.25, -0.2) is 9.64 Å². The molecule has 142 valence electrons. The Labute approximate surface area is 156 Å². The third kappa shape index (κ3) is 8.66. The van der Waals surface area contributed by atoms with E-state index in [0.29, 0.717) is 17.9 Å². The van der Waals surface area contributed by atoms with Gasteiger partial charge in [0, 0.05) is 5.56 Å². The van der Waals surface area contributed by atoms with Crippen molar-refractivity contribution in [2.45, 2.75) is 71.3 Å². The van der Waals surface area contributed by atoms with E-state index in [4.69, 9.17) is 11.3 Å². The molecule has 5 nitrogen and oxygen atoms in total. The number of nitrogens with one attached hydrogen (secondary N) is 1. The van der Waals surface area contributed by atoms with Crippen LogP contribution < -0.4 is 5.32 Å². The van der Waals surface area contributed by atoms with Crippen LogP contribution in [0, 0.1) is 6.57 Å².